The highest BCUT2D eigenvalue weighted by Crippen LogP contribution is 2.32. The van der Waals surface area contributed by atoms with E-state index in [4.69, 9.17) is 9.47 Å². The van der Waals surface area contributed by atoms with Crippen LogP contribution in [0.3, 0.4) is 0 Å². The Hall–Kier alpha value is -1.31. The second-order valence-corrected chi connectivity index (χ2v) is 7.16. The predicted octanol–water partition coefficient (Wildman–Crippen LogP) is 1.43. The van der Waals surface area contributed by atoms with Crippen molar-refractivity contribution in [3.05, 3.63) is 23.8 Å². The number of ether oxygens (including phenoxy) is 2. The van der Waals surface area contributed by atoms with E-state index in [1.807, 2.05) is 26.0 Å². The number of hydrogen-bond acceptors (Lipinski definition) is 4. The fourth-order valence-corrected chi connectivity index (χ4v) is 3.15. The van der Waals surface area contributed by atoms with Crippen LogP contribution in [-0.4, -0.2) is 44.0 Å². The smallest absolute Gasteiger partial charge is 0.282 e. The minimum atomic E-state index is -3.46. The van der Waals surface area contributed by atoms with E-state index in [2.05, 4.69) is 0 Å². The molecule has 0 radical (unpaired) electrons. The molecule has 1 heterocycles. The van der Waals surface area contributed by atoms with E-state index in [-0.39, 0.29) is 19.4 Å². The Bertz CT molecular complexity index is 586. The average Bonchev–Trinajstić information content (AvgIpc) is 2.84. The van der Waals surface area contributed by atoms with Crippen molar-refractivity contribution in [2.24, 2.45) is 0 Å². The first-order valence-corrected chi connectivity index (χ1v) is 7.80. The quantitative estimate of drug-likeness (QED) is 0.825. The fourth-order valence-electron chi connectivity index (χ4n) is 1.86. The van der Waals surface area contributed by atoms with E-state index >= 15 is 0 Å². The van der Waals surface area contributed by atoms with Crippen molar-refractivity contribution in [3.63, 3.8) is 0 Å². The van der Waals surface area contributed by atoms with Gasteiger partial charge in [0.2, 0.25) is 6.79 Å². The molecule has 0 atom stereocenters. The molecule has 0 aliphatic carbocycles. The van der Waals surface area contributed by atoms with Crippen LogP contribution in [0.15, 0.2) is 18.2 Å². The number of nitrogens with zero attached hydrogens (tertiary/aromatic N) is 2. The highest BCUT2D eigenvalue weighted by Gasteiger charge is 2.26. The van der Waals surface area contributed by atoms with E-state index in [9.17, 15) is 8.42 Å². The van der Waals surface area contributed by atoms with Crippen molar-refractivity contribution >= 4 is 10.2 Å². The maximum atomic E-state index is 12.3. The molecule has 1 aromatic carbocycles. The summed E-state index contributed by atoms with van der Waals surface area (Å²) in [6.45, 7) is 4.18. The van der Waals surface area contributed by atoms with Gasteiger partial charge in [-0.1, -0.05) is 6.07 Å². The van der Waals surface area contributed by atoms with Gasteiger partial charge in [0.1, 0.15) is 0 Å². The molecule has 1 aromatic rings. The highest BCUT2D eigenvalue weighted by atomic mass is 32.2. The number of hydrogen-bond donors (Lipinski definition) is 0. The molecule has 2 rings (SSSR count). The van der Waals surface area contributed by atoms with Crippen LogP contribution in [0.2, 0.25) is 0 Å². The Balaban J connectivity index is 2.13. The Morgan fingerprint density at radius 2 is 1.85 bits per heavy atom. The van der Waals surface area contributed by atoms with E-state index in [0.29, 0.717) is 11.5 Å². The van der Waals surface area contributed by atoms with Crippen LogP contribution >= 0.6 is 0 Å². The molecular formula is C13H20N2O4S. The van der Waals surface area contributed by atoms with Gasteiger partial charge >= 0.3 is 0 Å². The normalized spacial score (nSPS) is 14.6. The fraction of sp³-hybridized carbons (Fsp3) is 0.538. The predicted molar refractivity (Wildman–Crippen MR) is 75.9 cm³/mol. The topological polar surface area (TPSA) is 59.1 Å². The molecule has 1 aliphatic rings. The summed E-state index contributed by atoms with van der Waals surface area (Å²) in [4.78, 5) is 0. The van der Waals surface area contributed by atoms with Crippen molar-refractivity contribution in [1.82, 2.24) is 8.61 Å². The Kier molecular flexibility index (Phi) is 4.22. The van der Waals surface area contributed by atoms with Gasteiger partial charge in [-0.3, -0.25) is 0 Å². The Labute approximate surface area is 120 Å². The van der Waals surface area contributed by atoms with Crippen LogP contribution in [0.1, 0.15) is 19.4 Å². The molecule has 0 bridgehead atoms. The molecule has 0 fully saturated rings. The van der Waals surface area contributed by atoms with Gasteiger partial charge in [-0.2, -0.15) is 17.0 Å². The summed E-state index contributed by atoms with van der Waals surface area (Å²) in [5, 5.41) is 0. The van der Waals surface area contributed by atoms with Crippen LogP contribution in [0.25, 0.3) is 0 Å². The van der Waals surface area contributed by atoms with Crippen LogP contribution in [0.4, 0.5) is 0 Å². The molecule has 1 aliphatic heterocycles. The lowest BCUT2D eigenvalue weighted by Crippen LogP contribution is -2.42. The zero-order chi connectivity index (χ0) is 14.9. The van der Waals surface area contributed by atoms with E-state index in [0.717, 1.165) is 5.56 Å². The molecule has 0 unspecified atom stereocenters. The highest BCUT2D eigenvalue weighted by molar-refractivity contribution is 7.86. The Morgan fingerprint density at radius 1 is 1.20 bits per heavy atom. The van der Waals surface area contributed by atoms with E-state index < -0.39 is 10.2 Å². The molecular weight excluding hydrogens is 280 g/mol. The molecule has 0 aromatic heterocycles. The second kappa shape index (κ2) is 5.59. The van der Waals surface area contributed by atoms with Gasteiger partial charge in [0.15, 0.2) is 11.5 Å². The number of fused-ring (bicyclic) bond motifs is 1. The van der Waals surface area contributed by atoms with Crippen LogP contribution in [0, 0.1) is 0 Å². The molecule has 112 valence electrons. The zero-order valence-electron chi connectivity index (χ0n) is 12.2. The maximum Gasteiger partial charge on any atom is 0.282 e. The maximum absolute atomic E-state index is 12.3. The summed E-state index contributed by atoms with van der Waals surface area (Å²) in [5.74, 6) is 1.35. The molecule has 0 spiro atoms. The summed E-state index contributed by atoms with van der Waals surface area (Å²) in [6.07, 6.45) is 0. The van der Waals surface area contributed by atoms with Crippen molar-refractivity contribution in [2.75, 3.05) is 20.9 Å². The second-order valence-electron chi connectivity index (χ2n) is 5.06. The van der Waals surface area contributed by atoms with Gasteiger partial charge in [0, 0.05) is 26.7 Å². The first-order chi connectivity index (χ1) is 9.32. The summed E-state index contributed by atoms with van der Waals surface area (Å²) in [5.41, 5.74) is 0.859. The number of rotatable bonds is 5. The zero-order valence-corrected chi connectivity index (χ0v) is 13.0. The summed E-state index contributed by atoms with van der Waals surface area (Å²) >= 11 is 0. The van der Waals surface area contributed by atoms with Gasteiger partial charge in [0.05, 0.1) is 0 Å². The molecule has 7 heteroatoms. The standard InChI is InChI=1S/C13H20N2O4S/c1-10(2)15(4)20(16,17)14(3)8-11-5-6-12-13(7-11)19-9-18-12/h5-7,10H,8-9H2,1-4H3. The van der Waals surface area contributed by atoms with Crippen LogP contribution < -0.4 is 9.47 Å². The van der Waals surface area contributed by atoms with Gasteiger partial charge in [0.25, 0.3) is 10.2 Å². The van der Waals surface area contributed by atoms with Crippen LogP contribution in [-0.2, 0) is 16.8 Å². The largest absolute Gasteiger partial charge is 0.454 e. The van der Waals surface area contributed by atoms with Crippen molar-refractivity contribution in [2.45, 2.75) is 26.4 Å². The van der Waals surface area contributed by atoms with E-state index in [1.54, 1.807) is 20.2 Å². The third-order valence-corrected chi connectivity index (χ3v) is 5.39. The van der Waals surface area contributed by atoms with Crippen molar-refractivity contribution in [3.8, 4) is 11.5 Å². The molecule has 6 nitrogen and oxygen atoms in total. The van der Waals surface area contributed by atoms with Gasteiger partial charge in [-0.15, -0.1) is 0 Å². The first-order valence-electron chi connectivity index (χ1n) is 6.40. The lowest BCUT2D eigenvalue weighted by molar-refractivity contribution is 0.174. The lowest BCUT2D eigenvalue weighted by atomic mass is 10.2. The average molecular weight is 300 g/mol. The molecule has 0 saturated heterocycles. The third kappa shape index (κ3) is 2.89. The minimum Gasteiger partial charge on any atom is -0.454 e. The third-order valence-electron chi connectivity index (χ3n) is 3.33. The monoisotopic (exact) mass is 300 g/mol. The summed E-state index contributed by atoms with van der Waals surface area (Å²) < 4.78 is 37.8. The van der Waals surface area contributed by atoms with E-state index in [1.165, 1.54) is 8.61 Å². The Morgan fingerprint density at radius 3 is 2.50 bits per heavy atom. The lowest BCUT2D eigenvalue weighted by Gasteiger charge is -2.27. The molecule has 20 heavy (non-hydrogen) atoms. The summed E-state index contributed by atoms with van der Waals surface area (Å²) in [6, 6.07) is 5.36. The number of benzene rings is 1. The van der Waals surface area contributed by atoms with Gasteiger partial charge < -0.3 is 9.47 Å². The molecule has 0 saturated carbocycles. The minimum absolute atomic E-state index is 0.0841. The van der Waals surface area contributed by atoms with Crippen molar-refractivity contribution in [1.29, 1.82) is 0 Å². The van der Waals surface area contributed by atoms with Gasteiger partial charge in [-0.25, -0.2) is 0 Å². The first kappa shape index (κ1) is 15.1. The summed E-state index contributed by atoms with van der Waals surface area (Å²) in [7, 11) is -0.308. The molecule has 0 N–H and O–H groups in total. The SMILES string of the molecule is CC(C)N(C)S(=O)(=O)N(C)Cc1ccc2c(c1)OCO2. The van der Waals surface area contributed by atoms with Crippen LogP contribution in [0.5, 0.6) is 11.5 Å². The van der Waals surface area contributed by atoms with Gasteiger partial charge in [-0.05, 0) is 31.5 Å². The molecule has 0 amide bonds. The van der Waals surface area contributed by atoms with Crippen molar-refractivity contribution < 1.29 is 17.9 Å².